The van der Waals surface area contributed by atoms with Gasteiger partial charge in [-0.15, -0.1) is 12.4 Å². The highest BCUT2D eigenvalue weighted by Gasteiger charge is 2.22. The lowest BCUT2D eigenvalue weighted by atomic mass is 10.1. The highest BCUT2D eigenvalue weighted by molar-refractivity contribution is 5.85. The third kappa shape index (κ3) is 2.23. The van der Waals surface area contributed by atoms with Crippen molar-refractivity contribution >= 4 is 23.4 Å². The summed E-state index contributed by atoms with van der Waals surface area (Å²) in [5, 5.41) is 3.22. The van der Waals surface area contributed by atoms with Gasteiger partial charge in [-0.05, 0) is 44.5 Å². The molecule has 0 aliphatic carbocycles. The zero-order valence-electron chi connectivity index (χ0n) is 11.0. The second kappa shape index (κ2) is 5.54. The SMILES string of the molecule is Cc1cc2c([nH]c(=O)n2C2CCNCC2)c(F)c1F.Cl. The first kappa shape index (κ1) is 15.0. The smallest absolute Gasteiger partial charge is 0.317 e. The molecule has 0 amide bonds. The summed E-state index contributed by atoms with van der Waals surface area (Å²) in [6, 6.07) is 1.57. The highest BCUT2D eigenvalue weighted by atomic mass is 35.5. The molecule has 2 aromatic rings. The van der Waals surface area contributed by atoms with Crippen LogP contribution in [0.25, 0.3) is 11.0 Å². The van der Waals surface area contributed by atoms with E-state index < -0.39 is 11.6 Å². The average Bonchev–Trinajstić information content (AvgIpc) is 2.74. The number of imidazole rings is 1. The van der Waals surface area contributed by atoms with Crippen molar-refractivity contribution in [3.63, 3.8) is 0 Å². The van der Waals surface area contributed by atoms with Crippen molar-refractivity contribution in [1.29, 1.82) is 0 Å². The van der Waals surface area contributed by atoms with Crippen LogP contribution in [0, 0.1) is 18.6 Å². The monoisotopic (exact) mass is 303 g/mol. The Morgan fingerprint density at radius 1 is 1.25 bits per heavy atom. The van der Waals surface area contributed by atoms with E-state index in [1.54, 1.807) is 4.57 Å². The van der Waals surface area contributed by atoms with Gasteiger partial charge < -0.3 is 10.3 Å². The predicted molar refractivity (Wildman–Crippen MR) is 75.6 cm³/mol. The molecule has 1 aliphatic heterocycles. The van der Waals surface area contributed by atoms with Gasteiger partial charge in [-0.3, -0.25) is 4.57 Å². The minimum absolute atomic E-state index is 0. The van der Waals surface area contributed by atoms with Gasteiger partial charge in [0, 0.05) is 6.04 Å². The van der Waals surface area contributed by atoms with E-state index in [0.29, 0.717) is 5.52 Å². The Labute approximate surface area is 120 Å². The molecule has 0 unspecified atom stereocenters. The molecule has 0 saturated carbocycles. The van der Waals surface area contributed by atoms with Gasteiger partial charge in [0.05, 0.1) is 5.52 Å². The van der Waals surface area contributed by atoms with Crippen molar-refractivity contribution in [2.45, 2.75) is 25.8 Å². The molecule has 0 bridgehead atoms. The molecule has 3 rings (SSSR count). The fourth-order valence-corrected chi connectivity index (χ4v) is 2.75. The Morgan fingerprint density at radius 3 is 2.55 bits per heavy atom. The van der Waals surface area contributed by atoms with Gasteiger partial charge in [-0.25, -0.2) is 13.6 Å². The molecule has 0 radical (unpaired) electrons. The lowest BCUT2D eigenvalue weighted by molar-refractivity contribution is 0.368. The average molecular weight is 304 g/mol. The largest absolute Gasteiger partial charge is 0.326 e. The number of fused-ring (bicyclic) bond motifs is 1. The van der Waals surface area contributed by atoms with Gasteiger partial charge in [0.15, 0.2) is 11.6 Å². The molecule has 7 heteroatoms. The number of piperidine rings is 1. The van der Waals surface area contributed by atoms with Crippen LogP contribution in [0.2, 0.25) is 0 Å². The third-order valence-corrected chi connectivity index (χ3v) is 3.75. The number of hydrogen-bond acceptors (Lipinski definition) is 2. The number of H-pyrrole nitrogens is 1. The second-order valence-electron chi connectivity index (χ2n) is 5.00. The molecule has 2 N–H and O–H groups in total. The van der Waals surface area contributed by atoms with E-state index in [9.17, 15) is 13.6 Å². The van der Waals surface area contributed by atoms with Crippen LogP contribution >= 0.6 is 12.4 Å². The van der Waals surface area contributed by atoms with E-state index >= 15 is 0 Å². The van der Waals surface area contributed by atoms with Gasteiger partial charge in [0.25, 0.3) is 0 Å². The van der Waals surface area contributed by atoms with Crippen LogP contribution in [0.5, 0.6) is 0 Å². The zero-order chi connectivity index (χ0) is 13.6. The normalized spacial score (nSPS) is 16.4. The quantitative estimate of drug-likeness (QED) is 0.849. The van der Waals surface area contributed by atoms with Crippen molar-refractivity contribution in [1.82, 2.24) is 14.9 Å². The molecular weight excluding hydrogens is 288 g/mol. The van der Waals surface area contributed by atoms with Gasteiger partial charge in [-0.2, -0.15) is 0 Å². The molecule has 0 spiro atoms. The van der Waals surface area contributed by atoms with Crippen molar-refractivity contribution in [3.05, 3.63) is 33.7 Å². The fraction of sp³-hybridized carbons (Fsp3) is 0.462. The maximum Gasteiger partial charge on any atom is 0.326 e. The van der Waals surface area contributed by atoms with Crippen LogP contribution < -0.4 is 11.0 Å². The third-order valence-electron chi connectivity index (χ3n) is 3.75. The van der Waals surface area contributed by atoms with E-state index in [4.69, 9.17) is 0 Å². The summed E-state index contributed by atoms with van der Waals surface area (Å²) in [5.74, 6) is -1.87. The summed E-state index contributed by atoms with van der Waals surface area (Å²) >= 11 is 0. The first-order valence-electron chi connectivity index (χ1n) is 6.39. The van der Waals surface area contributed by atoms with Crippen LogP contribution in [0.15, 0.2) is 10.9 Å². The minimum Gasteiger partial charge on any atom is -0.317 e. The zero-order valence-corrected chi connectivity index (χ0v) is 11.8. The molecule has 1 saturated heterocycles. The van der Waals surface area contributed by atoms with Gasteiger partial charge in [0.2, 0.25) is 0 Å². The van der Waals surface area contributed by atoms with Crippen LogP contribution in [0.1, 0.15) is 24.4 Å². The first-order valence-corrected chi connectivity index (χ1v) is 6.39. The number of aryl methyl sites for hydroxylation is 1. The Hall–Kier alpha value is -1.40. The number of halogens is 3. The Morgan fingerprint density at radius 2 is 1.90 bits per heavy atom. The summed E-state index contributed by atoms with van der Waals surface area (Å²) < 4.78 is 28.9. The van der Waals surface area contributed by atoms with E-state index in [0.717, 1.165) is 25.9 Å². The van der Waals surface area contributed by atoms with Gasteiger partial charge >= 0.3 is 5.69 Å². The molecule has 20 heavy (non-hydrogen) atoms. The Bertz CT molecular complexity index is 689. The molecule has 1 aromatic carbocycles. The molecule has 4 nitrogen and oxygen atoms in total. The maximum absolute atomic E-state index is 13.8. The predicted octanol–water partition coefficient (Wildman–Crippen LogP) is 2.26. The van der Waals surface area contributed by atoms with Crippen LogP contribution in [0.4, 0.5) is 8.78 Å². The summed E-state index contributed by atoms with van der Waals surface area (Å²) in [4.78, 5) is 14.4. The topological polar surface area (TPSA) is 49.8 Å². The van der Waals surface area contributed by atoms with Gasteiger partial charge in [0.1, 0.15) is 5.52 Å². The van der Waals surface area contributed by atoms with Crippen LogP contribution in [-0.2, 0) is 0 Å². The first-order chi connectivity index (χ1) is 9.09. The summed E-state index contributed by atoms with van der Waals surface area (Å²) in [6.45, 7) is 3.15. The number of hydrogen-bond donors (Lipinski definition) is 2. The molecule has 1 fully saturated rings. The number of nitrogens with zero attached hydrogens (tertiary/aromatic N) is 1. The number of aromatic nitrogens is 2. The summed E-state index contributed by atoms with van der Waals surface area (Å²) in [6.07, 6.45) is 1.62. The maximum atomic E-state index is 13.8. The summed E-state index contributed by atoms with van der Waals surface area (Å²) in [7, 11) is 0. The van der Waals surface area contributed by atoms with Crippen molar-refractivity contribution in [2.75, 3.05) is 13.1 Å². The lowest BCUT2D eigenvalue weighted by Crippen LogP contribution is -2.33. The molecule has 1 aromatic heterocycles. The van der Waals surface area contributed by atoms with Crippen molar-refractivity contribution < 1.29 is 8.78 Å². The standard InChI is InChI=1S/C13H15F2N3O.ClH/c1-7-6-9-12(11(15)10(7)14)17-13(19)18(9)8-2-4-16-5-3-8;/h6,8,16H,2-5H2,1H3,(H,17,19);1H. The van der Waals surface area contributed by atoms with Gasteiger partial charge in [-0.1, -0.05) is 0 Å². The second-order valence-corrected chi connectivity index (χ2v) is 5.00. The highest BCUT2D eigenvalue weighted by Crippen LogP contribution is 2.26. The number of aromatic amines is 1. The Balaban J connectivity index is 0.00000147. The van der Waals surface area contributed by atoms with Crippen LogP contribution in [-0.4, -0.2) is 22.6 Å². The minimum atomic E-state index is -0.972. The number of benzene rings is 1. The fourth-order valence-electron chi connectivity index (χ4n) is 2.75. The van der Waals surface area contributed by atoms with E-state index in [-0.39, 0.29) is 35.2 Å². The van der Waals surface area contributed by atoms with Crippen LogP contribution in [0.3, 0.4) is 0 Å². The van der Waals surface area contributed by atoms with E-state index in [1.165, 1.54) is 13.0 Å². The number of nitrogens with one attached hydrogen (secondary N) is 2. The van der Waals surface area contributed by atoms with Crippen molar-refractivity contribution in [2.24, 2.45) is 0 Å². The molecule has 0 atom stereocenters. The number of rotatable bonds is 1. The Kier molecular flexibility index (Phi) is 4.15. The molecule has 110 valence electrons. The lowest BCUT2D eigenvalue weighted by Gasteiger charge is -2.23. The molecule has 1 aliphatic rings. The molecule has 2 heterocycles. The summed E-state index contributed by atoms with van der Waals surface area (Å²) in [5.41, 5.74) is 0.261. The van der Waals surface area contributed by atoms with Crippen molar-refractivity contribution in [3.8, 4) is 0 Å². The van der Waals surface area contributed by atoms with E-state index in [1.807, 2.05) is 0 Å². The van der Waals surface area contributed by atoms with E-state index in [2.05, 4.69) is 10.3 Å². The molecular formula is C13H16ClF2N3O.